The lowest BCUT2D eigenvalue weighted by atomic mass is 9.88. The molecule has 1 saturated carbocycles. The van der Waals surface area contributed by atoms with E-state index in [0.717, 1.165) is 53.3 Å². The number of nitrogens with zero attached hydrogens (tertiary/aromatic N) is 1. The number of rotatable bonds is 8. The van der Waals surface area contributed by atoms with Gasteiger partial charge in [-0.05, 0) is 50.1 Å². The molecule has 3 aromatic rings. The van der Waals surface area contributed by atoms with Crippen molar-refractivity contribution < 1.29 is 14.3 Å². The fourth-order valence-corrected chi connectivity index (χ4v) is 5.67. The maximum Gasteiger partial charge on any atom is 0.239 e. The first-order chi connectivity index (χ1) is 16.5. The summed E-state index contributed by atoms with van der Waals surface area (Å²) in [7, 11) is 1.63. The van der Waals surface area contributed by atoms with Crippen LogP contribution in [0.5, 0.6) is 5.75 Å². The Balaban J connectivity index is 1.34. The van der Waals surface area contributed by atoms with Gasteiger partial charge in [-0.1, -0.05) is 37.5 Å². The van der Waals surface area contributed by atoms with Crippen LogP contribution in [0.3, 0.4) is 0 Å². The summed E-state index contributed by atoms with van der Waals surface area (Å²) in [4.78, 5) is 30.8. The zero-order chi connectivity index (χ0) is 23.9. The number of para-hydroxylation sites is 1. The quantitative estimate of drug-likeness (QED) is 0.351. The lowest BCUT2D eigenvalue weighted by molar-refractivity contribution is -0.120. The number of hydrogen-bond acceptors (Lipinski definition) is 6. The van der Waals surface area contributed by atoms with Crippen molar-refractivity contribution in [3.63, 3.8) is 0 Å². The van der Waals surface area contributed by atoms with Gasteiger partial charge in [-0.3, -0.25) is 9.59 Å². The number of hydrogen-bond donors (Lipinski definition) is 2. The average Bonchev–Trinajstić information content (AvgIpc) is 3.33. The Morgan fingerprint density at radius 3 is 2.68 bits per heavy atom. The van der Waals surface area contributed by atoms with E-state index in [4.69, 9.17) is 4.74 Å². The molecule has 1 aliphatic rings. The van der Waals surface area contributed by atoms with Gasteiger partial charge in [0.1, 0.15) is 5.75 Å². The van der Waals surface area contributed by atoms with Crippen LogP contribution in [0.2, 0.25) is 0 Å². The molecule has 1 unspecified atom stereocenters. The lowest BCUT2D eigenvalue weighted by Crippen LogP contribution is -2.24. The zero-order valence-electron chi connectivity index (χ0n) is 19.4. The summed E-state index contributed by atoms with van der Waals surface area (Å²) in [5.74, 6) is 0.823. The molecule has 1 fully saturated rings. The SMILES string of the molecule is COc1ccccc1-c1csc(NC(=O)C(C)Sc2cccc(NC(=O)C3CCCCC3)c2)n1. The highest BCUT2D eigenvalue weighted by Gasteiger charge is 2.21. The van der Waals surface area contributed by atoms with Crippen LogP contribution >= 0.6 is 23.1 Å². The molecule has 1 atom stereocenters. The number of amides is 2. The second-order valence-electron chi connectivity index (χ2n) is 8.34. The van der Waals surface area contributed by atoms with Crippen LogP contribution in [0, 0.1) is 5.92 Å². The summed E-state index contributed by atoms with van der Waals surface area (Å²) >= 11 is 2.83. The molecule has 2 aromatic carbocycles. The van der Waals surface area contributed by atoms with Crippen molar-refractivity contribution in [2.45, 2.75) is 49.2 Å². The normalized spacial score (nSPS) is 14.9. The number of benzene rings is 2. The first-order valence-electron chi connectivity index (χ1n) is 11.5. The van der Waals surface area contributed by atoms with E-state index >= 15 is 0 Å². The molecule has 6 nitrogen and oxygen atoms in total. The van der Waals surface area contributed by atoms with Crippen molar-refractivity contribution in [2.24, 2.45) is 5.92 Å². The van der Waals surface area contributed by atoms with Crippen molar-refractivity contribution in [3.05, 3.63) is 53.9 Å². The summed E-state index contributed by atoms with van der Waals surface area (Å²) in [6.45, 7) is 1.86. The smallest absolute Gasteiger partial charge is 0.239 e. The summed E-state index contributed by atoms with van der Waals surface area (Å²) in [5, 5.41) is 8.09. The Bertz CT molecular complexity index is 1140. The van der Waals surface area contributed by atoms with Crippen LogP contribution in [-0.4, -0.2) is 29.2 Å². The molecule has 0 radical (unpaired) electrons. The van der Waals surface area contributed by atoms with Crippen molar-refractivity contribution in [2.75, 3.05) is 17.7 Å². The molecule has 2 amide bonds. The number of ether oxygens (including phenoxy) is 1. The first kappa shape index (κ1) is 24.3. The van der Waals surface area contributed by atoms with Gasteiger partial charge in [0.2, 0.25) is 11.8 Å². The van der Waals surface area contributed by atoms with Crippen LogP contribution in [0.4, 0.5) is 10.8 Å². The summed E-state index contributed by atoms with van der Waals surface area (Å²) in [6.07, 6.45) is 5.40. The standard InChI is InChI=1S/C26H29N3O3S2/c1-17(24(30)29-26-28-22(16-33-26)21-13-6-7-14-23(21)32-2)34-20-12-8-11-19(15-20)27-25(31)18-9-4-3-5-10-18/h6-8,11-18H,3-5,9-10H2,1-2H3,(H,27,31)(H,28,29,30). The highest BCUT2D eigenvalue weighted by Crippen LogP contribution is 2.33. The molecule has 0 saturated heterocycles. The minimum atomic E-state index is -0.331. The molecule has 0 spiro atoms. The Labute approximate surface area is 208 Å². The van der Waals surface area contributed by atoms with Gasteiger partial charge in [-0.2, -0.15) is 0 Å². The van der Waals surface area contributed by atoms with Crippen LogP contribution in [-0.2, 0) is 9.59 Å². The highest BCUT2D eigenvalue weighted by molar-refractivity contribution is 8.00. The molecule has 1 heterocycles. The van der Waals surface area contributed by atoms with Gasteiger partial charge in [-0.15, -0.1) is 23.1 Å². The van der Waals surface area contributed by atoms with E-state index in [-0.39, 0.29) is 23.0 Å². The molecule has 2 N–H and O–H groups in total. The predicted molar refractivity (Wildman–Crippen MR) is 140 cm³/mol. The van der Waals surface area contributed by atoms with Gasteiger partial charge in [-0.25, -0.2) is 4.98 Å². The van der Waals surface area contributed by atoms with Crippen molar-refractivity contribution in [1.82, 2.24) is 4.98 Å². The van der Waals surface area contributed by atoms with Gasteiger partial charge < -0.3 is 15.4 Å². The Morgan fingerprint density at radius 1 is 1.09 bits per heavy atom. The van der Waals surface area contributed by atoms with Crippen molar-refractivity contribution in [3.8, 4) is 17.0 Å². The van der Waals surface area contributed by atoms with Crippen molar-refractivity contribution in [1.29, 1.82) is 0 Å². The van der Waals surface area contributed by atoms with Gasteiger partial charge >= 0.3 is 0 Å². The molecule has 8 heteroatoms. The third kappa shape index (κ3) is 6.18. The fourth-order valence-electron chi connectivity index (χ4n) is 4.03. The van der Waals surface area contributed by atoms with E-state index in [1.54, 1.807) is 7.11 Å². The van der Waals surface area contributed by atoms with E-state index in [1.165, 1.54) is 29.5 Å². The number of methoxy groups -OCH3 is 1. The first-order valence-corrected chi connectivity index (χ1v) is 13.3. The Hall–Kier alpha value is -2.84. The molecule has 1 aromatic heterocycles. The van der Waals surface area contributed by atoms with Crippen LogP contribution in [0.1, 0.15) is 39.0 Å². The summed E-state index contributed by atoms with van der Waals surface area (Å²) in [5.41, 5.74) is 2.42. The van der Waals surface area contributed by atoms with E-state index in [0.29, 0.717) is 5.13 Å². The maximum atomic E-state index is 12.8. The molecular formula is C26H29N3O3S2. The van der Waals surface area contributed by atoms with Crippen LogP contribution in [0.15, 0.2) is 58.8 Å². The number of thiazole rings is 1. The maximum absolute atomic E-state index is 12.8. The van der Waals surface area contributed by atoms with Crippen LogP contribution in [0.25, 0.3) is 11.3 Å². The summed E-state index contributed by atoms with van der Waals surface area (Å²) in [6, 6.07) is 15.3. The number of carbonyl (C=O) groups excluding carboxylic acids is 2. The van der Waals surface area contributed by atoms with E-state index in [2.05, 4.69) is 15.6 Å². The molecule has 0 bridgehead atoms. The molecule has 178 valence electrons. The second kappa shape index (κ2) is 11.5. The largest absolute Gasteiger partial charge is 0.496 e. The van der Waals surface area contributed by atoms with Gasteiger partial charge in [0.15, 0.2) is 5.13 Å². The second-order valence-corrected chi connectivity index (χ2v) is 10.6. The number of thioether (sulfide) groups is 1. The van der Waals surface area contributed by atoms with Gasteiger partial charge in [0, 0.05) is 27.4 Å². The van der Waals surface area contributed by atoms with E-state index in [1.807, 2.05) is 60.8 Å². The Kier molecular flexibility index (Phi) is 8.24. The van der Waals surface area contributed by atoms with E-state index in [9.17, 15) is 9.59 Å². The third-order valence-electron chi connectivity index (χ3n) is 5.88. The molecule has 34 heavy (non-hydrogen) atoms. The molecule has 4 rings (SSSR count). The lowest BCUT2D eigenvalue weighted by Gasteiger charge is -2.21. The fraction of sp³-hybridized carbons (Fsp3) is 0.346. The number of nitrogens with one attached hydrogen (secondary N) is 2. The minimum Gasteiger partial charge on any atom is -0.496 e. The monoisotopic (exact) mass is 495 g/mol. The van der Waals surface area contributed by atoms with Gasteiger partial charge in [0.05, 0.1) is 18.1 Å². The Morgan fingerprint density at radius 2 is 1.88 bits per heavy atom. The van der Waals surface area contributed by atoms with Crippen LogP contribution < -0.4 is 15.4 Å². The molecular weight excluding hydrogens is 466 g/mol. The van der Waals surface area contributed by atoms with E-state index < -0.39 is 0 Å². The third-order valence-corrected chi connectivity index (χ3v) is 7.73. The highest BCUT2D eigenvalue weighted by atomic mass is 32.2. The molecule has 1 aliphatic carbocycles. The average molecular weight is 496 g/mol. The topological polar surface area (TPSA) is 80.3 Å². The number of aromatic nitrogens is 1. The van der Waals surface area contributed by atoms with Gasteiger partial charge in [0.25, 0.3) is 0 Å². The summed E-state index contributed by atoms with van der Waals surface area (Å²) < 4.78 is 5.41. The zero-order valence-corrected chi connectivity index (χ0v) is 21.0. The minimum absolute atomic E-state index is 0.0993. The number of carbonyl (C=O) groups is 2. The van der Waals surface area contributed by atoms with Crippen molar-refractivity contribution >= 4 is 45.7 Å². The number of anilines is 2. The predicted octanol–water partition coefficient (Wildman–Crippen LogP) is 6.46. The molecule has 0 aliphatic heterocycles.